The number of rotatable bonds is 7. The van der Waals surface area contributed by atoms with Crippen molar-refractivity contribution in [3.8, 4) is 17.2 Å². The summed E-state index contributed by atoms with van der Waals surface area (Å²) in [6.45, 7) is 1.12. The van der Waals surface area contributed by atoms with E-state index in [2.05, 4.69) is 20.6 Å². The number of hydrogen-bond acceptors (Lipinski definition) is 6. The number of alkyl halides is 3. The molecular formula is C25H18BF5N4O4. The second kappa shape index (κ2) is 10.7. The Bertz CT molecular complexity index is 1570. The van der Waals surface area contributed by atoms with Gasteiger partial charge in [0, 0.05) is 29.1 Å². The summed E-state index contributed by atoms with van der Waals surface area (Å²) in [4.78, 5) is 32.4. The lowest BCUT2D eigenvalue weighted by Gasteiger charge is -2.12. The summed E-state index contributed by atoms with van der Waals surface area (Å²) in [5.74, 6) is -3.71. The van der Waals surface area contributed by atoms with Crippen LogP contribution in [0.15, 0.2) is 46.9 Å². The van der Waals surface area contributed by atoms with Gasteiger partial charge >= 0.3 is 6.18 Å². The number of methoxy groups -OCH3 is 1. The third-order valence-corrected chi connectivity index (χ3v) is 5.64. The van der Waals surface area contributed by atoms with Gasteiger partial charge < -0.3 is 19.8 Å². The van der Waals surface area contributed by atoms with Crippen LogP contribution in [0.25, 0.3) is 22.4 Å². The smallest absolute Gasteiger partial charge is 0.433 e. The number of halogens is 5. The van der Waals surface area contributed by atoms with E-state index in [0.29, 0.717) is 6.07 Å². The van der Waals surface area contributed by atoms with Crippen LogP contribution >= 0.6 is 0 Å². The molecule has 2 amide bonds. The number of carbonyl (C=O) groups excluding carboxylic acids is 2. The first-order chi connectivity index (χ1) is 18.4. The molecule has 0 bridgehead atoms. The summed E-state index contributed by atoms with van der Waals surface area (Å²) in [5, 5.41) is 4.97. The molecule has 1 atom stereocenters. The molecule has 14 heteroatoms. The van der Waals surface area contributed by atoms with Gasteiger partial charge in [0.1, 0.15) is 28.6 Å². The molecule has 0 spiro atoms. The minimum Gasteiger partial charge on any atom is -0.494 e. The van der Waals surface area contributed by atoms with Crippen molar-refractivity contribution in [2.75, 3.05) is 7.11 Å². The highest BCUT2D eigenvalue weighted by atomic mass is 19.4. The molecule has 0 unspecified atom stereocenters. The van der Waals surface area contributed by atoms with Gasteiger partial charge in [0.05, 0.1) is 13.2 Å². The van der Waals surface area contributed by atoms with E-state index in [4.69, 9.17) is 17.0 Å². The van der Waals surface area contributed by atoms with Gasteiger partial charge in [-0.15, -0.1) is 0 Å². The van der Waals surface area contributed by atoms with E-state index >= 15 is 0 Å². The van der Waals surface area contributed by atoms with Gasteiger partial charge in [-0.25, -0.2) is 18.7 Å². The Labute approximate surface area is 219 Å². The van der Waals surface area contributed by atoms with Crippen molar-refractivity contribution in [2.24, 2.45) is 0 Å². The number of amides is 2. The number of pyridine rings is 1. The van der Waals surface area contributed by atoms with E-state index in [9.17, 15) is 31.5 Å². The van der Waals surface area contributed by atoms with Gasteiger partial charge in [-0.3, -0.25) is 9.59 Å². The molecule has 39 heavy (non-hydrogen) atoms. The first kappa shape index (κ1) is 27.5. The molecule has 2 aromatic carbocycles. The Kier molecular flexibility index (Phi) is 7.57. The topological polar surface area (TPSA) is 106 Å². The van der Waals surface area contributed by atoms with E-state index in [0.717, 1.165) is 24.3 Å². The maximum Gasteiger partial charge on any atom is 0.433 e. The van der Waals surface area contributed by atoms with Crippen LogP contribution in [0.1, 0.15) is 40.5 Å². The van der Waals surface area contributed by atoms with Crippen LogP contribution in [0, 0.1) is 11.6 Å². The first-order valence-electron chi connectivity index (χ1n) is 11.2. The fourth-order valence-corrected chi connectivity index (χ4v) is 3.81. The van der Waals surface area contributed by atoms with Crippen molar-refractivity contribution in [1.29, 1.82) is 0 Å². The Hall–Kier alpha value is -4.49. The SMILES string of the molecule is [B]C(=O)N[C@H](C)c1oc(-c2ccc(OC)c3nc(C(F)(F)F)ccc23)nc1C(=O)NCc1ccc(F)cc1F. The normalized spacial score (nSPS) is 12.3. The van der Waals surface area contributed by atoms with Crippen LogP contribution < -0.4 is 15.4 Å². The van der Waals surface area contributed by atoms with Crippen LogP contribution in [0.4, 0.5) is 26.7 Å². The lowest BCUT2D eigenvalue weighted by molar-refractivity contribution is -0.140. The van der Waals surface area contributed by atoms with Crippen LogP contribution in [0.2, 0.25) is 0 Å². The number of aromatic nitrogens is 2. The first-order valence-corrected chi connectivity index (χ1v) is 11.2. The molecule has 0 aliphatic carbocycles. The van der Waals surface area contributed by atoms with E-state index in [-0.39, 0.29) is 51.7 Å². The van der Waals surface area contributed by atoms with Gasteiger partial charge in [-0.1, -0.05) is 6.07 Å². The van der Waals surface area contributed by atoms with Crippen molar-refractivity contribution >= 4 is 30.5 Å². The fraction of sp³-hybridized carbons (Fsp3) is 0.200. The van der Waals surface area contributed by atoms with Crippen LogP contribution in [0.5, 0.6) is 5.75 Å². The summed E-state index contributed by atoms with van der Waals surface area (Å²) >= 11 is 0. The summed E-state index contributed by atoms with van der Waals surface area (Å²) in [7, 11) is 6.46. The monoisotopic (exact) mass is 544 g/mol. The predicted molar refractivity (Wildman–Crippen MR) is 129 cm³/mol. The largest absolute Gasteiger partial charge is 0.494 e. The molecule has 0 aliphatic heterocycles. The predicted octanol–water partition coefficient (Wildman–Crippen LogP) is 5.06. The Morgan fingerprint density at radius 2 is 1.85 bits per heavy atom. The second-order valence-corrected chi connectivity index (χ2v) is 8.29. The minimum atomic E-state index is -4.71. The lowest BCUT2D eigenvalue weighted by atomic mass is 10.1. The number of benzene rings is 2. The zero-order valence-electron chi connectivity index (χ0n) is 20.3. The molecule has 0 fully saturated rings. The number of oxazole rings is 1. The minimum absolute atomic E-state index is 0.00832. The maximum atomic E-state index is 14.0. The zero-order chi connectivity index (χ0) is 28.5. The molecule has 0 aliphatic rings. The molecule has 8 nitrogen and oxygen atoms in total. The highest BCUT2D eigenvalue weighted by molar-refractivity contribution is 6.57. The van der Waals surface area contributed by atoms with Crippen molar-refractivity contribution < 1.29 is 40.7 Å². The summed E-state index contributed by atoms with van der Waals surface area (Å²) in [6.07, 6.45) is -4.71. The second-order valence-electron chi connectivity index (χ2n) is 8.29. The lowest BCUT2D eigenvalue weighted by Crippen LogP contribution is -2.29. The number of nitrogens with one attached hydrogen (secondary N) is 2. The Morgan fingerprint density at radius 1 is 1.10 bits per heavy atom. The van der Waals surface area contributed by atoms with E-state index in [1.807, 2.05) is 0 Å². The standard InChI is InChI=1S/C25H18BF5N4O4/c1-11(33-24(26)37)21-20(22(36)32-10-12-3-4-13(27)9-16(12)28)35-23(39-21)15-5-7-17(38-2)19-14(15)6-8-18(34-19)25(29,30)31/h3-9,11H,10H2,1-2H3,(H,32,36)(H,33,37)/t11-/m1/s1. The van der Waals surface area contributed by atoms with Gasteiger partial charge in [-0.05, 0) is 37.3 Å². The molecular weight excluding hydrogens is 526 g/mol. The van der Waals surface area contributed by atoms with E-state index in [1.165, 1.54) is 26.2 Å². The average Bonchev–Trinajstić information content (AvgIpc) is 3.31. The van der Waals surface area contributed by atoms with E-state index < -0.39 is 41.3 Å². The number of hydrogen-bond donors (Lipinski definition) is 2. The molecule has 2 radical (unpaired) electrons. The van der Waals surface area contributed by atoms with Gasteiger partial charge in [0.25, 0.3) is 5.91 Å². The summed E-state index contributed by atoms with van der Waals surface area (Å²) in [6, 6.07) is 6.62. The number of carbonyl (C=O) groups is 2. The quantitative estimate of drug-likeness (QED) is 0.249. The van der Waals surface area contributed by atoms with Crippen LogP contribution in [-0.4, -0.2) is 36.6 Å². The van der Waals surface area contributed by atoms with Crippen molar-refractivity contribution in [3.63, 3.8) is 0 Å². The third-order valence-electron chi connectivity index (χ3n) is 5.64. The van der Waals surface area contributed by atoms with E-state index in [1.54, 1.807) is 0 Å². The third kappa shape index (κ3) is 5.84. The average molecular weight is 544 g/mol. The Morgan fingerprint density at radius 3 is 2.49 bits per heavy atom. The van der Waals surface area contributed by atoms with Crippen molar-refractivity contribution in [1.82, 2.24) is 20.6 Å². The molecule has 4 aromatic rings. The molecule has 2 N–H and O–H groups in total. The Balaban J connectivity index is 1.78. The number of nitrogens with zero attached hydrogens (tertiary/aromatic N) is 2. The molecule has 2 heterocycles. The van der Waals surface area contributed by atoms with Crippen molar-refractivity contribution in [2.45, 2.75) is 25.7 Å². The molecule has 0 saturated heterocycles. The highest BCUT2D eigenvalue weighted by Gasteiger charge is 2.33. The van der Waals surface area contributed by atoms with Gasteiger partial charge in [0.15, 0.2) is 17.3 Å². The molecule has 4 rings (SSSR count). The van der Waals surface area contributed by atoms with Crippen LogP contribution in [0.3, 0.4) is 0 Å². The van der Waals surface area contributed by atoms with Gasteiger partial charge in [0.2, 0.25) is 13.7 Å². The maximum absolute atomic E-state index is 14.0. The fourth-order valence-electron chi connectivity index (χ4n) is 3.81. The van der Waals surface area contributed by atoms with Crippen LogP contribution in [-0.2, 0) is 12.7 Å². The summed E-state index contributed by atoms with van der Waals surface area (Å²) in [5.41, 5.74) is -1.43. The molecule has 200 valence electrons. The highest BCUT2D eigenvalue weighted by Crippen LogP contribution is 2.37. The number of fused-ring (bicyclic) bond motifs is 1. The molecule has 2 aromatic heterocycles. The van der Waals surface area contributed by atoms with Crippen molar-refractivity contribution in [3.05, 3.63) is 76.8 Å². The number of ether oxygens (including phenoxy) is 1. The molecule has 0 saturated carbocycles. The zero-order valence-corrected chi connectivity index (χ0v) is 20.3. The summed E-state index contributed by atoms with van der Waals surface area (Å²) < 4.78 is 78.0. The van der Waals surface area contributed by atoms with Gasteiger partial charge in [-0.2, -0.15) is 13.2 Å².